The van der Waals surface area contributed by atoms with E-state index < -0.39 is 6.04 Å². The molecule has 1 amide bonds. The van der Waals surface area contributed by atoms with E-state index in [4.69, 9.17) is 5.73 Å². The number of carbonyl (C=O) groups is 1. The molecule has 1 fully saturated rings. The van der Waals surface area contributed by atoms with Crippen molar-refractivity contribution < 1.29 is 4.79 Å². The van der Waals surface area contributed by atoms with Gasteiger partial charge in [0, 0.05) is 32.2 Å². The van der Waals surface area contributed by atoms with Crippen LogP contribution in [0.2, 0.25) is 0 Å². The number of hydrogen-bond acceptors (Lipinski definition) is 3. The van der Waals surface area contributed by atoms with E-state index in [2.05, 4.69) is 18.7 Å². The number of piperidine rings is 1. The van der Waals surface area contributed by atoms with Crippen LogP contribution in [0.3, 0.4) is 0 Å². The maximum Gasteiger partial charge on any atom is 0.240 e. The van der Waals surface area contributed by atoms with Crippen molar-refractivity contribution in [2.75, 3.05) is 20.1 Å². The summed E-state index contributed by atoms with van der Waals surface area (Å²) in [5.41, 5.74) is 5.90. The van der Waals surface area contributed by atoms with Crippen LogP contribution in [-0.4, -0.2) is 54.0 Å². The van der Waals surface area contributed by atoms with Crippen molar-refractivity contribution in [3.8, 4) is 0 Å². The van der Waals surface area contributed by atoms with Gasteiger partial charge < -0.3 is 15.5 Å². The van der Waals surface area contributed by atoms with E-state index in [-0.39, 0.29) is 11.3 Å². The standard InChI is InChI=1S/C15H31N3O/c1-11(2)18-9-7-12(8-10-18)17(6)14(19)13(16)15(3,4)5/h11-13H,7-10,16H2,1-6H3/t13-/m0/s1. The molecule has 0 aliphatic carbocycles. The van der Waals surface area contributed by atoms with Crippen LogP contribution in [-0.2, 0) is 4.79 Å². The van der Waals surface area contributed by atoms with Crippen LogP contribution in [0.5, 0.6) is 0 Å². The molecule has 1 aliphatic heterocycles. The van der Waals surface area contributed by atoms with Gasteiger partial charge in [0.15, 0.2) is 0 Å². The number of nitrogens with zero attached hydrogens (tertiary/aromatic N) is 2. The zero-order valence-electron chi connectivity index (χ0n) is 13.4. The normalized spacial score (nSPS) is 20.6. The van der Waals surface area contributed by atoms with Crippen LogP contribution in [0.25, 0.3) is 0 Å². The van der Waals surface area contributed by atoms with Gasteiger partial charge in [-0.1, -0.05) is 20.8 Å². The molecule has 1 aliphatic rings. The fraction of sp³-hybridized carbons (Fsp3) is 0.933. The molecule has 4 heteroatoms. The van der Waals surface area contributed by atoms with Crippen molar-refractivity contribution in [3.05, 3.63) is 0 Å². The van der Waals surface area contributed by atoms with E-state index >= 15 is 0 Å². The lowest BCUT2D eigenvalue weighted by molar-refractivity contribution is -0.136. The molecule has 0 unspecified atom stereocenters. The van der Waals surface area contributed by atoms with E-state index in [1.165, 1.54) is 0 Å². The van der Waals surface area contributed by atoms with Crippen LogP contribution >= 0.6 is 0 Å². The van der Waals surface area contributed by atoms with Crippen molar-refractivity contribution in [2.45, 2.75) is 65.6 Å². The first kappa shape index (κ1) is 16.4. The zero-order valence-corrected chi connectivity index (χ0v) is 13.4. The topological polar surface area (TPSA) is 49.6 Å². The third kappa shape index (κ3) is 4.18. The summed E-state index contributed by atoms with van der Waals surface area (Å²) in [5.74, 6) is 0.0792. The lowest BCUT2D eigenvalue weighted by Gasteiger charge is -2.40. The average Bonchev–Trinajstić information content (AvgIpc) is 2.35. The van der Waals surface area contributed by atoms with E-state index in [1.54, 1.807) is 0 Å². The Labute approximate surface area is 118 Å². The van der Waals surface area contributed by atoms with Gasteiger partial charge in [-0.25, -0.2) is 0 Å². The fourth-order valence-electron chi connectivity index (χ4n) is 2.56. The second-order valence-corrected chi connectivity index (χ2v) is 7.15. The van der Waals surface area contributed by atoms with Crippen LogP contribution < -0.4 is 5.73 Å². The maximum atomic E-state index is 12.4. The summed E-state index contributed by atoms with van der Waals surface area (Å²) < 4.78 is 0. The fourth-order valence-corrected chi connectivity index (χ4v) is 2.56. The first-order chi connectivity index (χ1) is 8.64. The number of amides is 1. The molecule has 1 saturated heterocycles. The van der Waals surface area contributed by atoms with Gasteiger partial charge in [-0.2, -0.15) is 0 Å². The maximum absolute atomic E-state index is 12.4. The number of nitrogens with two attached hydrogens (primary N) is 1. The van der Waals surface area contributed by atoms with Gasteiger partial charge in [0.2, 0.25) is 5.91 Å². The SMILES string of the molecule is CC(C)N1CCC(N(C)C(=O)[C@H](N)C(C)(C)C)CC1. The third-order valence-corrected chi connectivity index (χ3v) is 4.32. The minimum Gasteiger partial charge on any atom is -0.341 e. The molecule has 0 aromatic heterocycles. The molecule has 0 aromatic carbocycles. The predicted molar refractivity (Wildman–Crippen MR) is 79.9 cm³/mol. The van der Waals surface area contributed by atoms with E-state index in [0.717, 1.165) is 25.9 Å². The minimum atomic E-state index is -0.416. The monoisotopic (exact) mass is 269 g/mol. The summed E-state index contributed by atoms with van der Waals surface area (Å²) >= 11 is 0. The summed E-state index contributed by atoms with van der Waals surface area (Å²) in [4.78, 5) is 16.7. The van der Waals surface area contributed by atoms with E-state index in [1.807, 2.05) is 32.7 Å². The summed E-state index contributed by atoms with van der Waals surface area (Å²) in [6.07, 6.45) is 2.11. The highest BCUT2D eigenvalue weighted by Crippen LogP contribution is 2.22. The first-order valence-electron chi connectivity index (χ1n) is 7.41. The molecule has 1 heterocycles. The largest absolute Gasteiger partial charge is 0.341 e. The molecule has 1 rings (SSSR count). The molecule has 0 aromatic rings. The Morgan fingerprint density at radius 3 is 2.11 bits per heavy atom. The van der Waals surface area contributed by atoms with Crippen molar-refractivity contribution in [1.29, 1.82) is 0 Å². The smallest absolute Gasteiger partial charge is 0.240 e. The lowest BCUT2D eigenvalue weighted by Crippen LogP contribution is -2.54. The Bertz CT molecular complexity index is 301. The van der Waals surface area contributed by atoms with Gasteiger partial charge in [0.05, 0.1) is 6.04 Å². The molecule has 0 radical (unpaired) electrons. The van der Waals surface area contributed by atoms with Gasteiger partial charge in [-0.15, -0.1) is 0 Å². The lowest BCUT2D eigenvalue weighted by atomic mass is 9.86. The van der Waals surface area contributed by atoms with Gasteiger partial charge in [0.1, 0.15) is 0 Å². The van der Waals surface area contributed by atoms with Gasteiger partial charge >= 0.3 is 0 Å². The quantitative estimate of drug-likeness (QED) is 0.848. The molecule has 2 N–H and O–H groups in total. The minimum absolute atomic E-state index is 0.0792. The molecular weight excluding hydrogens is 238 g/mol. The summed E-state index contributed by atoms with van der Waals surface area (Å²) in [6, 6.07) is 0.523. The Hall–Kier alpha value is -0.610. The van der Waals surface area contributed by atoms with Crippen LogP contribution in [0.15, 0.2) is 0 Å². The molecule has 0 bridgehead atoms. The highest BCUT2D eigenvalue weighted by Gasteiger charge is 2.33. The van der Waals surface area contributed by atoms with Crippen LogP contribution in [0.1, 0.15) is 47.5 Å². The zero-order chi connectivity index (χ0) is 14.8. The molecule has 19 heavy (non-hydrogen) atoms. The van der Waals surface area contributed by atoms with Crippen molar-refractivity contribution in [3.63, 3.8) is 0 Å². The second-order valence-electron chi connectivity index (χ2n) is 7.15. The molecule has 1 atom stereocenters. The highest BCUT2D eigenvalue weighted by molar-refractivity contribution is 5.82. The predicted octanol–water partition coefficient (Wildman–Crippen LogP) is 1.69. The van der Waals surface area contributed by atoms with Crippen molar-refractivity contribution >= 4 is 5.91 Å². The Morgan fingerprint density at radius 1 is 1.26 bits per heavy atom. The van der Waals surface area contributed by atoms with Gasteiger partial charge in [0.25, 0.3) is 0 Å². The van der Waals surface area contributed by atoms with E-state index in [0.29, 0.717) is 12.1 Å². The number of likely N-dealkylation sites (N-methyl/N-ethyl adjacent to an activating group) is 1. The molecule has 0 saturated carbocycles. The number of likely N-dealkylation sites (tertiary alicyclic amines) is 1. The highest BCUT2D eigenvalue weighted by atomic mass is 16.2. The van der Waals surface area contributed by atoms with E-state index in [9.17, 15) is 4.79 Å². The number of carbonyl (C=O) groups excluding carboxylic acids is 1. The molecule has 4 nitrogen and oxygen atoms in total. The molecule has 112 valence electrons. The molecule has 0 spiro atoms. The average molecular weight is 269 g/mol. The first-order valence-corrected chi connectivity index (χ1v) is 7.41. The molecular formula is C15H31N3O. The summed E-state index contributed by atoms with van der Waals surface area (Å²) in [7, 11) is 1.91. The van der Waals surface area contributed by atoms with Crippen LogP contribution in [0, 0.1) is 5.41 Å². The number of hydrogen-bond donors (Lipinski definition) is 1. The van der Waals surface area contributed by atoms with Crippen molar-refractivity contribution in [1.82, 2.24) is 9.80 Å². The van der Waals surface area contributed by atoms with Crippen molar-refractivity contribution in [2.24, 2.45) is 11.1 Å². The Kier molecular flexibility index (Phi) is 5.39. The Balaban J connectivity index is 2.56. The number of rotatable bonds is 3. The Morgan fingerprint density at radius 2 is 1.74 bits per heavy atom. The van der Waals surface area contributed by atoms with Gasteiger partial charge in [-0.3, -0.25) is 4.79 Å². The summed E-state index contributed by atoms with van der Waals surface area (Å²) in [6.45, 7) is 12.7. The third-order valence-electron chi connectivity index (χ3n) is 4.32. The van der Waals surface area contributed by atoms with Gasteiger partial charge in [-0.05, 0) is 32.1 Å². The van der Waals surface area contributed by atoms with Crippen LogP contribution in [0.4, 0.5) is 0 Å². The second kappa shape index (κ2) is 6.23. The summed E-state index contributed by atoms with van der Waals surface area (Å²) in [5, 5.41) is 0.